The van der Waals surface area contributed by atoms with Crippen molar-refractivity contribution in [2.75, 3.05) is 6.61 Å². The average molecular weight is 344 g/mol. The van der Waals surface area contributed by atoms with Gasteiger partial charge in [0.1, 0.15) is 0 Å². The van der Waals surface area contributed by atoms with E-state index in [2.05, 4.69) is 5.43 Å². The third-order valence-electron chi connectivity index (χ3n) is 4.71. The van der Waals surface area contributed by atoms with Crippen molar-refractivity contribution in [3.63, 3.8) is 0 Å². The minimum absolute atomic E-state index is 0.253. The molecule has 1 aromatic carbocycles. The van der Waals surface area contributed by atoms with Crippen molar-refractivity contribution in [1.82, 2.24) is 10.4 Å². The molecule has 1 N–H and O–H groups in total. The number of nitrogens with one attached hydrogen (secondary N) is 1. The number of ether oxygens (including phenoxy) is 1. The zero-order valence-electron chi connectivity index (χ0n) is 14.0. The first-order chi connectivity index (χ1) is 12.0. The van der Waals surface area contributed by atoms with Crippen LogP contribution in [0.2, 0.25) is 0 Å². The van der Waals surface area contributed by atoms with Gasteiger partial charge in [0.25, 0.3) is 17.7 Å². The third-order valence-corrected chi connectivity index (χ3v) is 4.71. The molecule has 7 nitrogen and oxygen atoms in total. The molecule has 0 spiro atoms. The van der Waals surface area contributed by atoms with E-state index in [1.807, 2.05) is 0 Å². The van der Waals surface area contributed by atoms with Gasteiger partial charge in [0.15, 0.2) is 0 Å². The van der Waals surface area contributed by atoms with E-state index in [-0.39, 0.29) is 35.8 Å². The fraction of sp³-hybridized carbons (Fsp3) is 0.444. The number of imide groups is 1. The Morgan fingerprint density at radius 3 is 2.08 bits per heavy atom. The molecule has 25 heavy (non-hydrogen) atoms. The Labute approximate surface area is 145 Å². The van der Waals surface area contributed by atoms with Gasteiger partial charge in [-0.25, -0.2) is 4.79 Å². The molecule has 2 aliphatic rings. The van der Waals surface area contributed by atoms with Crippen LogP contribution in [0, 0.1) is 11.8 Å². The van der Waals surface area contributed by atoms with Crippen molar-refractivity contribution in [3.8, 4) is 0 Å². The molecule has 3 amide bonds. The molecule has 7 heteroatoms. The van der Waals surface area contributed by atoms with E-state index >= 15 is 0 Å². The maximum atomic E-state index is 12.4. The quantitative estimate of drug-likeness (QED) is 0.663. The van der Waals surface area contributed by atoms with Gasteiger partial charge < -0.3 is 4.74 Å². The Balaban J connectivity index is 1.69. The number of hydrogen-bond acceptors (Lipinski definition) is 5. The van der Waals surface area contributed by atoms with Gasteiger partial charge in [-0.1, -0.05) is 12.8 Å². The lowest BCUT2D eigenvalue weighted by Crippen LogP contribution is -2.46. The number of carbonyl (C=O) groups is 4. The summed E-state index contributed by atoms with van der Waals surface area (Å²) in [5.74, 6) is -2.31. The predicted octanol–water partition coefficient (Wildman–Crippen LogP) is 1.68. The van der Waals surface area contributed by atoms with Crippen LogP contribution in [0.15, 0.2) is 24.3 Å². The molecular formula is C18H20N2O5. The summed E-state index contributed by atoms with van der Waals surface area (Å²) < 4.78 is 4.88. The maximum absolute atomic E-state index is 12.4. The highest BCUT2D eigenvalue weighted by molar-refractivity contribution is 6.07. The van der Waals surface area contributed by atoms with E-state index in [4.69, 9.17) is 4.74 Å². The Morgan fingerprint density at radius 2 is 1.56 bits per heavy atom. The number of amides is 3. The molecule has 2 fully saturated rings. The normalized spacial score (nSPS) is 22.5. The largest absolute Gasteiger partial charge is 0.462 e. The van der Waals surface area contributed by atoms with Crippen molar-refractivity contribution >= 4 is 23.7 Å². The summed E-state index contributed by atoms with van der Waals surface area (Å²) in [6, 6.07) is 5.86. The van der Waals surface area contributed by atoms with Crippen LogP contribution in [0.4, 0.5) is 0 Å². The molecule has 1 heterocycles. The number of rotatable bonds is 4. The fourth-order valence-electron chi connectivity index (χ4n) is 3.41. The molecule has 2 atom stereocenters. The number of hydrazine groups is 1. The summed E-state index contributed by atoms with van der Waals surface area (Å²) in [6.45, 7) is 1.98. The van der Waals surface area contributed by atoms with Gasteiger partial charge in [0.2, 0.25) is 0 Å². The smallest absolute Gasteiger partial charge is 0.338 e. The molecule has 1 aromatic rings. The summed E-state index contributed by atoms with van der Waals surface area (Å²) in [7, 11) is 0. The van der Waals surface area contributed by atoms with E-state index in [1.165, 1.54) is 24.3 Å². The molecule has 0 radical (unpaired) electrons. The molecule has 0 aromatic heterocycles. The summed E-state index contributed by atoms with van der Waals surface area (Å²) in [6.07, 6.45) is 3.24. The molecule has 1 saturated carbocycles. The lowest BCUT2D eigenvalue weighted by atomic mass is 9.81. The first kappa shape index (κ1) is 17.1. The van der Waals surface area contributed by atoms with Gasteiger partial charge in [0.05, 0.1) is 24.0 Å². The zero-order chi connectivity index (χ0) is 18.0. The van der Waals surface area contributed by atoms with Crippen molar-refractivity contribution in [3.05, 3.63) is 35.4 Å². The van der Waals surface area contributed by atoms with Crippen LogP contribution in [-0.4, -0.2) is 35.3 Å². The number of fused-ring (bicyclic) bond motifs is 1. The average Bonchev–Trinajstić information content (AvgIpc) is 2.87. The number of carbonyl (C=O) groups excluding carboxylic acids is 4. The molecule has 1 aliphatic heterocycles. The van der Waals surface area contributed by atoms with Gasteiger partial charge in [-0.3, -0.25) is 19.8 Å². The van der Waals surface area contributed by atoms with E-state index < -0.39 is 11.9 Å². The Morgan fingerprint density at radius 1 is 1.04 bits per heavy atom. The number of benzene rings is 1. The second-order valence-electron chi connectivity index (χ2n) is 6.25. The van der Waals surface area contributed by atoms with Gasteiger partial charge >= 0.3 is 5.97 Å². The molecule has 132 valence electrons. The lowest BCUT2D eigenvalue weighted by molar-refractivity contribution is -0.142. The molecule has 2 unspecified atom stereocenters. The van der Waals surface area contributed by atoms with Crippen LogP contribution in [-0.2, 0) is 14.3 Å². The van der Waals surface area contributed by atoms with Crippen molar-refractivity contribution in [1.29, 1.82) is 0 Å². The second-order valence-corrected chi connectivity index (χ2v) is 6.25. The number of hydrogen-bond donors (Lipinski definition) is 1. The second kappa shape index (κ2) is 7.04. The lowest BCUT2D eigenvalue weighted by Gasteiger charge is -2.19. The number of nitrogens with zero attached hydrogens (tertiary/aromatic N) is 1. The van der Waals surface area contributed by atoms with Crippen LogP contribution in [0.25, 0.3) is 0 Å². The first-order valence-electron chi connectivity index (χ1n) is 8.49. The highest BCUT2D eigenvalue weighted by Gasteiger charge is 2.49. The minimum Gasteiger partial charge on any atom is -0.462 e. The summed E-state index contributed by atoms with van der Waals surface area (Å²) >= 11 is 0. The topological polar surface area (TPSA) is 92.8 Å². The first-order valence-corrected chi connectivity index (χ1v) is 8.49. The molecule has 0 bridgehead atoms. The SMILES string of the molecule is CCOC(=O)c1ccc(C(=O)NN2C(=O)C3CCCCC3C2=O)cc1. The van der Waals surface area contributed by atoms with E-state index in [9.17, 15) is 19.2 Å². The predicted molar refractivity (Wildman–Crippen MR) is 87.2 cm³/mol. The molecular weight excluding hydrogens is 324 g/mol. The third kappa shape index (κ3) is 3.26. The Bertz CT molecular complexity index is 689. The van der Waals surface area contributed by atoms with Gasteiger partial charge in [-0.15, -0.1) is 0 Å². The number of esters is 1. The summed E-state index contributed by atoms with van der Waals surface area (Å²) in [4.78, 5) is 48.7. The van der Waals surface area contributed by atoms with Crippen LogP contribution in [0.5, 0.6) is 0 Å². The highest BCUT2D eigenvalue weighted by atomic mass is 16.5. The van der Waals surface area contributed by atoms with E-state index in [0.29, 0.717) is 18.4 Å². The fourth-order valence-corrected chi connectivity index (χ4v) is 3.41. The van der Waals surface area contributed by atoms with Crippen molar-refractivity contribution in [2.45, 2.75) is 32.6 Å². The van der Waals surface area contributed by atoms with Crippen LogP contribution >= 0.6 is 0 Å². The monoisotopic (exact) mass is 344 g/mol. The van der Waals surface area contributed by atoms with E-state index in [1.54, 1.807) is 6.92 Å². The Hall–Kier alpha value is -2.70. The van der Waals surface area contributed by atoms with Crippen molar-refractivity contribution < 1.29 is 23.9 Å². The van der Waals surface area contributed by atoms with Crippen molar-refractivity contribution in [2.24, 2.45) is 11.8 Å². The van der Waals surface area contributed by atoms with Gasteiger partial charge in [-0.05, 0) is 44.0 Å². The summed E-state index contributed by atoms with van der Waals surface area (Å²) in [5.41, 5.74) is 2.99. The van der Waals surface area contributed by atoms with Gasteiger partial charge in [0, 0.05) is 5.56 Å². The molecule has 1 saturated heterocycles. The van der Waals surface area contributed by atoms with E-state index in [0.717, 1.165) is 17.9 Å². The van der Waals surface area contributed by atoms with Crippen LogP contribution in [0.3, 0.4) is 0 Å². The molecule has 1 aliphatic carbocycles. The van der Waals surface area contributed by atoms with Crippen LogP contribution in [0.1, 0.15) is 53.3 Å². The molecule has 3 rings (SSSR count). The summed E-state index contributed by atoms with van der Waals surface area (Å²) in [5, 5.41) is 0.863. The van der Waals surface area contributed by atoms with Gasteiger partial charge in [-0.2, -0.15) is 5.01 Å². The maximum Gasteiger partial charge on any atom is 0.338 e. The Kier molecular flexibility index (Phi) is 4.83. The highest BCUT2D eigenvalue weighted by Crippen LogP contribution is 2.37. The zero-order valence-corrected chi connectivity index (χ0v) is 14.0. The van der Waals surface area contributed by atoms with Crippen LogP contribution < -0.4 is 5.43 Å². The minimum atomic E-state index is -0.559. The standard InChI is InChI=1S/C18H20N2O5/c1-2-25-18(24)12-9-7-11(8-10-12)15(21)19-20-16(22)13-5-3-4-6-14(13)17(20)23/h7-10,13-14H,2-6H2,1H3,(H,19,21).